The molecular formula is C18H14N2O7S3. The van der Waals surface area contributed by atoms with E-state index in [-0.39, 0.29) is 34.6 Å². The summed E-state index contributed by atoms with van der Waals surface area (Å²) < 4.78 is 36.1. The topological polar surface area (TPSA) is 125 Å². The van der Waals surface area contributed by atoms with Crippen molar-refractivity contribution in [1.29, 1.82) is 0 Å². The summed E-state index contributed by atoms with van der Waals surface area (Å²) in [7, 11) is -4.25. The molecule has 1 N–H and O–H groups in total. The number of thiocarbonyl (C=S) groups is 1. The van der Waals surface area contributed by atoms with Gasteiger partial charge in [0.2, 0.25) is 0 Å². The fraction of sp³-hybridized carbons (Fsp3) is 0.111. The number of nitrogens with zero attached hydrogens (tertiary/aromatic N) is 1. The lowest BCUT2D eigenvalue weighted by molar-refractivity contribution is -0.384. The van der Waals surface area contributed by atoms with Crippen molar-refractivity contribution in [3.63, 3.8) is 0 Å². The van der Waals surface area contributed by atoms with E-state index in [1.165, 1.54) is 12.1 Å². The lowest BCUT2D eigenvalue weighted by Gasteiger charge is -2.12. The number of benzene rings is 2. The number of thioether (sulfide) groups is 1. The van der Waals surface area contributed by atoms with E-state index in [9.17, 15) is 23.3 Å². The molecule has 2 aromatic carbocycles. The van der Waals surface area contributed by atoms with Gasteiger partial charge in [-0.3, -0.25) is 14.9 Å². The zero-order valence-electron chi connectivity index (χ0n) is 15.4. The van der Waals surface area contributed by atoms with Crippen molar-refractivity contribution in [3.8, 4) is 11.5 Å². The van der Waals surface area contributed by atoms with Crippen molar-refractivity contribution < 1.29 is 27.1 Å². The van der Waals surface area contributed by atoms with Gasteiger partial charge >= 0.3 is 10.1 Å². The molecule has 1 aliphatic rings. The number of hydrogen-bond acceptors (Lipinski definition) is 9. The highest BCUT2D eigenvalue weighted by Crippen LogP contribution is 2.33. The Bertz CT molecular complexity index is 1160. The standard InChI is InChI=1S/C18H14N2O7S3/c1-2-26-15-9-11(10-16-17(21)19-18(28)29-16)3-8-14(15)27-30(24,25)13-6-4-12(5-7-13)20(22)23/h3-10H,2H2,1H3,(H,19,21,28). The predicted molar refractivity (Wildman–Crippen MR) is 115 cm³/mol. The van der Waals surface area contributed by atoms with Gasteiger partial charge in [-0.25, -0.2) is 0 Å². The van der Waals surface area contributed by atoms with Crippen LogP contribution in [-0.2, 0) is 14.9 Å². The maximum atomic E-state index is 12.6. The summed E-state index contributed by atoms with van der Waals surface area (Å²) in [6.07, 6.45) is 1.59. The smallest absolute Gasteiger partial charge is 0.339 e. The Balaban J connectivity index is 1.89. The summed E-state index contributed by atoms with van der Waals surface area (Å²) in [5.41, 5.74) is 0.343. The largest absolute Gasteiger partial charge is 0.490 e. The number of hydrogen-bond donors (Lipinski definition) is 1. The normalized spacial score (nSPS) is 15.2. The Kier molecular flexibility index (Phi) is 6.39. The number of carbonyl (C=O) groups is 1. The van der Waals surface area contributed by atoms with Crippen molar-refractivity contribution in [2.24, 2.45) is 0 Å². The first-order valence-corrected chi connectivity index (χ1v) is 11.0. The highest BCUT2D eigenvalue weighted by Gasteiger charge is 2.23. The third-order valence-corrected chi connectivity index (χ3v) is 6.15. The van der Waals surface area contributed by atoms with Crippen molar-refractivity contribution in [1.82, 2.24) is 5.32 Å². The Morgan fingerprint density at radius 1 is 1.20 bits per heavy atom. The fourth-order valence-corrected chi connectivity index (χ4v) is 4.41. The quantitative estimate of drug-likeness (QED) is 0.215. The minimum Gasteiger partial charge on any atom is -0.490 e. The van der Waals surface area contributed by atoms with Crippen LogP contribution >= 0.6 is 24.0 Å². The molecule has 156 valence electrons. The lowest BCUT2D eigenvalue weighted by atomic mass is 10.2. The van der Waals surface area contributed by atoms with Gasteiger partial charge in [0.1, 0.15) is 9.22 Å². The molecule has 30 heavy (non-hydrogen) atoms. The number of carbonyl (C=O) groups excluding carboxylic acids is 1. The number of amides is 1. The van der Waals surface area contributed by atoms with Gasteiger partial charge in [0.15, 0.2) is 11.5 Å². The second kappa shape index (κ2) is 8.81. The van der Waals surface area contributed by atoms with Gasteiger partial charge in [0.05, 0.1) is 16.4 Å². The molecule has 0 unspecified atom stereocenters. The van der Waals surface area contributed by atoms with E-state index in [0.717, 1.165) is 36.0 Å². The number of ether oxygens (including phenoxy) is 1. The van der Waals surface area contributed by atoms with Crippen LogP contribution < -0.4 is 14.2 Å². The molecule has 0 radical (unpaired) electrons. The monoisotopic (exact) mass is 466 g/mol. The molecule has 9 nitrogen and oxygen atoms in total. The van der Waals surface area contributed by atoms with Crippen LogP contribution in [0.25, 0.3) is 6.08 Å². The number of non-ortho nitro benzene ring substituents is 1. The van der Waals surface area contributed by atoms with Gasteiger partial charge < -0.3 is 14.2 Å². The Labute approximate surface area is 181 Å². The van der Waals surface area contributed by atoms with Gasteiger partial charge in [-0.1, -0.05) is 30.0 Å². The maximum Gasteiger partial charge on any atom is 0.339 e. The van der Waals surface area contributed by atoms with E-state index in [2.05, 4.69) is 5.32 Å². The highest BCUT2D eigenvalue weighted by atomic mass is 32.2. The molecule has 0 aliphatic carbocycles. The molecule has 0 spiro atoms. The van der Waals surface area contributed by atoms with Gasteiger partial charge in [0, 0.05) is 12.1 Å². The van der Waals surface area contributed by atoms with Crippen LogP contribution in [0.1, 0.15) is 12.5 Å². The van der Waals surface area contributed by atoms with Gasteiger partial charge in [0.25, 0.3) is 11.6 Å². The van der Waals surface area contributed by atoms with Crippen LogP contribution in [0.4, 0.5) is 5.69 Å². The Hall–Kier alpha value is -2.96. The number of nitro groups is 1. The van der Waals surface area contributed by atoms with E-state index in [1.807, 2.05) is 0 Å². The highest BCUT2D eigenvalue weighted by molar-refractivity contribution is 8.26. The first-order valence-electron chi connectivity index (χ1n) is 8.40. The third kappa shape index (κ3) is 4.96. The SMILES string of the molecule is CCOc1cc(C=C2SC(=S)NC2=O)ccc1OS(=O)(=O)c1ccc([N+](=O)[O-])cc1. The number of rotatable bonds is 7. The molecule has 0 aromatic heterocycles. The second-order valence-corrected chi connectivity index (χ2v) is 9.05. The summed E-state index contributed by atoms with van der Waals surface area (Å²) in [6, 6.07) is 8.82. The van der Waals surface area contributed by atoms with Gasteiger partial charge in [-0.15, -0.1) is 0 Å². The molecule has 1 amide bonds. The molecule has 1 heterocycles. The van der Waals surface area contributed by atoms with Crippen molar-refractivity contribution in [2.75, 3.05) is 6.61 Å². The molecule has 1 fully saturated rings. The number of nitrogens with one attached hydrogen (secondary N) is 1. The van der Waals surface area contributed by atoms with Crippen molar-refractivity contribution in [3.05, 3.63) is 63.0 Å². The zero-order valence-corrected chi connectivity index (χ0v) is 17.8. The van der Waals surface area contributed by atoms with Gasteiger partial charge in [-0.2, -0.15) is 8.42 Å². The summed E-state index contributed by atoms with van der Waals surface area (Å²) >= 11 is 6.07. The summed E-state index contributed by atoms with van der Waals surface area (Å²) in [4.78, 5) is 22.1. The summed E-state index contributed by atoms with van der Waals surface area (Å²) in [5, 5.41) is 13.2. The average molecular weight is 467 g/mol. The minimum atomic E-state index is -4.25. The third-order valence-electron chi connectivity index (χ3n) is 3.74. The molecule has 0 saturated carbocycles. The molecule has 1 aliphatic heterocycles. The van der Waals surface area contributed by atoms with Gasteiger partial charge in [-0.05, 0) is 42.8 Å². The van der Waals surface area contributed by atoms with E-state index in [1.54, 1.807) is 19.1 Å². The fourth-order valence-electron chi connectivity index (χ4n) is 2.42. The van der Waals surface area contributed by atoms with E-state index >= 15 is 0 Å². The zero-order chi connectivity index (χ0) is 21.9. The van der Waals surface area contributed by atoms with E-state index in [4.69, 9.17) is 21.1 Å². The molecule has 3 rings (SSSR count). The predicted octanol–water partition coefficient (Wildman–Crippen LogP) is 3.25. The molecule has 0 bridgehead atoms. The molecule has 2 aromatic rings. The molecular weight excluding hydrogens is 452 g/mol. The Morgan fingerprint density at radius 3 is 2.47 bits per heavy atom. The lowest BCUT2D eigenvalue weighted by Crippen LogP contribution is -2.17. The molecule has 12 heteroatoms. The second-order valence-electron chi connectivity index (χ2n) is 5.78. The average Bonchev–Trinajstić information content (AvgIpc) is 3.01. The Morgan fingerprint density at radius 2 is 1.90 bits per heavy atom. The van der Waals surface area contributed by atoms with Crippen LogP contribution in [0.3, 0.4) is 0 Å². The van der Waals surface area contributed by atoms with E-state index in [0.29, 0.717) is 14.8 Å². The van der Waals surface area contributed by atoms with Crippen LogP contribution in [0.2, 0.25) is 0 Å². The van der Waals surface area contributed by atoms with E-state index < -0.39 is 15.0 Å². The van der Waals surface area contributed by atoms with Crippen LogP contribution in [0, 0.1) is 10.1 Å². The van der Waals surface area contributed by atoms with Crippen LogP contribution in [-0.4, -0.2) is 30.2 Å². The maximum absolute atomic E-state index is 12.6. The summed E-state index contributed by atoms with van der Waals surface area (Å²) in [6.45, 7) is 1.96. The first-order chi connectivity index (χ1) is 14.2. The number of nitro benzene ring substituents is 1. The first kappa shape index (κ1) is 21.7. The van der Waals surface area contributed by atoms with Crippen LogP contribution in [0.15, 0.2) is 52.3 Å². The van der Waals surface area contributed by atoms with Crippen molar-refractivity contribution >= 4 is 56.1 Å². The molecule has 1 saturated heterocycles. The summed E-state index contributed by atoms with van der Waals surface area (Å²) in [5.74, 6) is -0.219. The minimum absolute atomic E-state index is 0.0589. The van der Waals surface area contributed by atoms with Crippen molar-refractivity contribution in [2.45, 2.75) is 11.8 Å². The molecule has 0 atom stereocenters. The van der Waals surface area contributed by atoms with Crippen LogP contribution in [0.5, 0.6) is 11.5 Å².